The van der Waals surface area contributed by atoms with Gasteiger partial charge in [-0.2, -0.15) is 13.2 Å². The van der Waals surface area contributed by atoms with Crippen LogP contribution >= 0.6 is 10.7 Å². The van der Waals surface area contributed by atoms with Gasteiger partial charge in [0.05, 0.1) is 21.5 Å². The maximum atomic E-state index is 12.7. The molecule has 10 heteroatoms. The molecule has 1 aliphatic carbocycles. The summed E-state index contributed by atoms with van der Waals surface area (Å²) >= 11 is 0. The zero-order valence-corrected chi connectivity index (χ0v) is 16.1. The third-order valence-electron chi connectivity index (χ3n) is 4.51. The van der Waals surface area contributed by atoms with Crippen molar-refractivity contribution >= 4 is 29.6 Å². The molecule has 0 aliphatic heterocycles. The third-order valence-corrected chi connectivity index (χ3v) is 7.95. The molecule has 0 amide bonds. The highest BCUT2D eigenvalue weighted by Gasteiger charge is 2.34. The molecule has 1 unspecified atom stereocenters. The van der Waals surface area contributed by atoms with Gasteiger partial charge in [0.25, 0.3) is 9.05 Å². The highest BCUT2D eigenvalue weighted by atomic mass is 35.7. The maximum absolute atomic E-state index is 12.7. The van der Waals surface area contributed by atoms with E-state index in [9.17, 15) is 30.0 Å². The minimum Gasteiger partial charge on any atom is -0.228 e. The molecule has 0 heterocycles. The quantitative estimate of drug-likeness (QED) is 0.682. The Labute approximate surface area is 159 Å². The predicted octanol–water partition coefficient (Wildman–Crippen LogP) is 3.72. The molecule has 0 aromatic heterocycles. The van der Waals surface area contributed by atoms with Crippen molar-refractivity contribution in [2.24, 2.45) is 0 Å². The first-order valence-corrected chi connectivity index (χ1v) is 11.8. The van der Waals surface area contributed by atoms with Crippen LogP contribution in [0, 0.1) is 0 Å². The monoisotopic (exact) mass is 438 g/mol. The molecule has 0 N–H and O–H groups in total. The molecular formula is C17H14ClF3O4S2. The zero-order chi connectivity index (χ0) is 20.0. The zero-order valence-electron chi connectivity index (χ0n) is 13.7. The van der Waals surface area contributed by atoms with E-state index in [1.165, 1.54) is 18.2 Å². The van der Waals surface area contributed by atoms with Gasteiger partial charge in [-0.15, -0.1) is 0 Å². The van der Waals surface area contributed by atoms with Gasteiger partial charge in [-0.1, -0.05) is 18.2 Å². The van der Waals surface area contributed by atoms with Crippen LogP contribution in [-0.2, 0) is 43.7 Å². The van der Waals surface area contributed by atoms with Crippen molar-refractivity contribution in [3.8, 4) is 0 Å². The number of fused-ring (bicyclic) bond motifs is 1. The Balaban J connectivity index is 1.78. The fourth-order valence-corrected chi connectivity index (χ4v) is 5.66. The van der Waals surface area contributed by atoms with E-state index in [2.05, 4.69) is 0 Å². The number of benzene rings is 2. The Morgan fingerprint density at radius 1 is 0.926 bits per heavy atom. The number of sulfone groups is 1. The number of hydrogen-bond acceptors (Lipinski definition) is 4. The second-order valence-corrected chi connectivity index (χ2v) is 11.2. The van der Waals surface area contributed by atoms with Crippen LogP contribution in [0.1, 0.15) is 22.3 Å². The van der Waals surface area contributed by atoms with Crippen molar-refractivity contribution in [1.29, 1.82) is 0 Å². The van der Waals surface area contributed by atoms with E-state index >= 15 is 0 Å². The van der Waals surface area contributed by atoms with Crippen LogP contribution in [0.15, 0.2) is 47.4 Å². The number of rotatable bonds is 4. The summed E-state index contributed by atoms with van der Waals surface area (Å²) in [5.74, 6) is -0.384. The largest absolute Gasteiger partial charge is 0.416 e. The van der Waals surface area contributed by atoms with Gasteiger partial charge >= 0.3 is 6.18 Å². The van der Waals surface area contributed by atoms with Crippen molar-refractivity contribution in [3.63, 3.8) is 0 Å². The van der Waals surface area contributed by atoms with Crippen LogP contribution < -0.4 is 0 Å². The fourth-order valence-electron chi connectivity index (χ4n) is 3.10. The molecule has 3 rings (SSSR count). The Bertz CT molecular complexity index is 1080. The number of halogens is 4. The van der Waals surface area contributed by atoms with E-state index in [1.54, 1.807) is 0 Å². The van der Waals surface area contributed by atoms with Crippen LogP contribution in [0.2, 0.25) is 0 Å². The molecule has 146 valence electrons. The molecule has 4 nitrogen and oxygen atoms in total. The minimum atomic E-state index is -4.48. The molecule has 1 aliphatic rings. The molecule has 0 fully saturated rings. The van der Waals surface area contributed by atoms with Crippen molar-refractivity contribution in [1.82, 2.24) is 0 Å². The van der Waals surface area contributed by atoms with Crippen LogP contribution in [0.5, 0.6) is 0 Å². The molecule has 0 bridgehead atoms. The van der Waals surface area contributed by atoms with Gasteiger partial charge in [-0.3, -0.25) is 0 Å². The van der Waals surface area contributed by atoms with E-state index in [0.717, 1.165) is 29.8 Å². The van der Waals surface area contributed by atoms with Gasteiger partial charge in [0, 0.05) is 10.7 Å². The van der Waals surface area contributed by atoms with Gasteiger partial charge in [0.1, 0.15) is 0 Å². The first-order valence-electron chi connectivity index (χ1n) is 7.80. The summed E-state index contributed by atoms with van der Waals surface area (Å²) in [5, 5.41) is -0.761. The Morgan fingerprint density at radius 2 is 1.52 bits per heavy atom. The minimum absolute atomic E-state index is 0.0938. The Hall–Kier alpha value is -1.58. The van der Waals surface area contributed by atoms with Crippen molar-refractivity contribution in [2.75, 3.05) is 0 Å². The summed E-state index contributed by atoms with van der Waals surface area (Å²) < 4.78 is 86.0. The van der Waals surface area contributed by atoms with E-state index in [-0.39, 0.29) is 29.1 Å². The van der Waals surface area contributed by atoms with Gasteiger partial charge in [0.2, 0.25) is 0 Å². The van der Waals surface area contributed by atoms with Crippen LogP contribution in [0.3, 0.4) is 0 Å². The first kappa shape index (κ1) is 20.2. The molecule has 27 heavy (non-hydrogen) atoms. The highest BCUT2D eigenvalue weighted by Crippen LogP contribution is 2.32. The lowest BCUT2D eigenvalue weighted by molar-refractivity contribution is -0.137. The smallest absolute Gasteiger partial charge is 0.228 e. The number of hydrogen-bond donors (Lipinski definition) is 0. The second kappa shape index (κ2) is 6.79. The second-order valence-electron chi connectivity index (χ2n) is 6.40. The van der Waals surface area contributed by atoms with Crippen molar-refractivity contribution in [3.05, 3.63) is 64.7 Å². The normalized spacial score (nSPS) is 17.7. The van der Waals surface area contributed by atoms with Crippen molar-refractivity contribution < 1.29 is 30.0 Å². The molecular weight excluding hydrogens is 425 g/mol. The average molecular weight is 439 g/mol. The Morgan fingerprint density at radius 3 is 2.07 bits per heavy atom. The molecule has 0 saturated heterocycles. The molecule has 2 aromatic rings. The summed E-state index contributed by atoms with van der Waals surface area (Å²) in [6.45, 7) is 0. The topological polar surface area (TPSA) is 68.3 Å². The molecule has 0 radical (unpaired) electrons. The third kappa shape index (κ3) is 4.47. The lowest BCUT2D eigenvalue weighted by atomic mass is 10.1. The predicted molar refractivity (Wildman–Crippen MR) is 94.7 cm³/mol. The summed E-state index contributed by atoms with van der Waals surface area (Å²) in [6.07, 6.45) is -4.12. The molecule has 2 aromatic carbocycles. The molecule has 0 saturated carbocycles. The molecule has 0 spiro atoms. The maximum Gasteiger partial charge on any atom is 0.416 e. The van der Waals surface area contributed by atoms with E-state index in [1.807, 2.05) is 0 Å². The summed E-state index contributed by atoms with van der Waals surface area (Å²) in [4.78, 5) is -0.0938. The van der Waals surface area contributed by atoms with Gasteiger partial charge in [-0.25, -0.2) is 16.8 Å². The van der Waals surface area contributed by atoms with E-state index < -0.39 is 35.9 Å². The van der Waals surface area contributed by atoms with Crippen LogP contribution in [0.4, 0.5) is 13.2 Å². The standard InChI is InChI=1S/C17H14ClF3O4S2/c18-27(24,25)15-6-3-12-7-16(9-13(12)8-15)26(22,23)10-11-1-4-14(5-2-11)17(19,20)21/h1-6,8,16H,7,9-10H2. The van der Waals surface area contributed by atoms with Crippen LogP contribution in [0.25, 0.3) is 0 Å². The van der Waals surface area contributed by atoms with Gasteiger partial charge in [-0.05, 0) is 53.8 Å². The van der Waals surface area contributed by atoms with Gasteiger partial charge < -0.3 is 0 Å². The highest BCUT2D eigenvalue weighted by molar-refractivity contribution is 8.13. The summed E-state index contributed by atoms with van der Waals surface area (Å²) in [5.41, 5.74) is 0.743. The lowest BCUT2D eigenvalue weighted by Crippen LogP contribution is -2.23. The fraction of sp³-hybridized carbons (Fsp3) is 0.294. The molecule has 1 atom stereocenters. The van der Waals surface area contributed by atoms with E-state index in [4.69, 9.17) is 10.7 Å². The van der Waals surface area contributed by atoms with Gasteiger partial charge in [0.15, 0.2) is 9.84 Å². The average Bonchev–Trinajstić information content (AvgIpc) is 2.97. The summed E-state index contributed by atoms with van der Waals surface area (Å²) in [6, 6.07) is 8.24. The first-order chi connectivity index (χ1) is 12.4. The summed E-state index contributed by atoms with van der Waals surface area (Å²) in [7, 11) is -2.24. The number of alkyl halides is 3. The SMILES string of the molecule is O=S(=O)(Cl)c1ccc2c(c1)CC(S(=O)(=O)Cc1ccc(C(F)(F)F)cc1)C2. The van der Waals surface area contributed by atoms with Crippen LogP contribution in [-0.4, -0.2) is 22.1 Å². The Kier molecular flexibility index (Phi) is 5.07. The lowest BCUT2D eigenvalue weighted by Gasteiger charge is -2.12. The van der Waals surface area contributed by atoms with Crippen molar-refractivity contribution in [2.45, 2.75) is 34.9 Å². The van der Waals surface area contributed by atoms with E-state index in [0.29, 0.717) is 5.56 Å².